The molecule has 0 saturated carbocycles. The SMILES string of the molecule is COc1ccc(O[C]=O)c(C)c1. The number of benzene rings is 1. The van der Waals surface area contributed by atoms with Gasteiger partial charge in [0, 0.05) is 0 Å². The van der Waals surface area contributed by atoms with Crippen LogP contribution in [0.2, 0.25) is 0 Å². The molecule has 0 amide bonds. The highest BCUT2D eigenvalue weighted by Crippen LogP contribution is 2.22. The molecule has 1 aromatic rings. The first-order valence-electron chi connectivity index (χ1n) is 3.46. The smallest absolute Gasteiger partial charge is 0.423 e. The summed E-state index contributed by atoms with van der Waals surface area (Å²) >= 11 is 0. The standard InChI is InChI=1S/C9H9O3/c1-7-5-8(11-2)3-4-9(7)12-6-10/h3-5H,1-2H3. The summed E-state index contributed by atoms with van der Waals surface area (Å²) in [6, 6.07) is 5.17. The fraction of sp³-hybridized carbons (Fsp3) is 0.222. The van der Waals surface area contributed by atoms with Crippen LogP contribution < -0.4 is 9.47 Å². The number of aryl methyl sites for hydroxylation is 1. The molecule has 0 fully saturated rings. The lowest BCUT2D eigenvalue weighted by atomic mass is 10.2. The molecular weight excluding hydrogens is 156 g/mol. The van der Waals surface area contributed by atoms with Gasteiger partial charge >= 0.3 is 6.47 Å². The summed E-state index contributed by atoms with van der Waals surface area (Å²) in [5.41, 5.74) is 0.845. The normalized spacial score (nSPS) is 9.17. The lowest BCUT2D eigenvalue weighted by molar-refractivity contribution is 0.411. The second-order valence-electron chi connectivity index (χ2n) is 2.32. The van der Waals surface area contributed by atoms with Crippen molar-refractivity contribution in [3.8, 4) is 11.5 Å². The van der Waals surface area contributed by atoms with E-state index >= 15 is 0 Å². The Balaban J connectivity index is 2.94. The number of methoxy groups -OCH3 is 1. The van der Waals surface area contributed by atoms with E-state index in [1.807, 2.05) is 6.92 Å². The molecule has 0 N–H and O–H groups in total. The van der Waals surface area contributed by atoms with E-state index in [-0.39, 0.29) is 0 Å². The molecule has 0 aromatic heterocycles. The van der Waals surface area contributed by atoms with Gasteiger partial charge in [-0.2, -0.15) is 0 Å². The molecule has 0 aliphatic carbocycles. The summed E-state index contributed by atoms with van der Waals surface area (Å²) in [5.74, 6) is 1.25. The largest absolute Gasteiger partial charge is 0.497 e. The quantitative estimate of drug-likeness (QED) is 0.680. The van der Waals surface area contributed by atoms with Crippen molar-refractivity contribution >= 4 is 6.47 Å². The monoisotopic (exact) mass is 165 g/mol. The third-order valence-corrected chi connectivity index (χ3v) is 1.53. The molecule has 0 atom stereocenters. The van der Waals surface area contributed by atoms with E-state index in [2.05, 4.69) is 4.74 Å². The molecule has 1 aromatic carbocycles. The van der Waals surface area contributed by atoms with Crippen molar-refractivity contribution in [3.63, 3.8) is 0 Å². The zero-order valence-corrected chi connectivity index (χ0v) is 6.96. The van der Waals surface area contributed by atoms with Crippen LogP contribution in [-0.2, 0) is 4.79 Å². The van der Waals surface area contributed by atoms with Crippen molar-refractivity contribution in [2.24, 2.45) is 0 Å². The van der Waals surface area contributed by atoms with Crippen molar-refractivity contribution in [2.75, 3.05) is 7.11 Å². The highest BCUT2D eigenvalue weighted by molar-refractivity contribution is 5.49. The molecule has 0 aliphatic rings. The van der Waals surface area contributed by atoms with E-state index in [0.29, 0.717) is 5.75 Å². The molecule has 0 spiro atoms. The van der Waals surface area contributed by atoms with Gasteiger partial charge < -0.3 is 9.47 Å². The predicted molar refractivity (Wildman–Crippen MR) is 44.1 cm³/mol. The van der Waals surface area contributed by atoms with Gasteiger partial charge in [0.25, 0.3) is 0 Å². The Hall–Kier alpha value is -1.51. The molecule has 0 bridgehead atoms. The second-order valence-corrected chi connectivity index (χ2v) is 2.32. The lowest BCUT2D eigenvalue weighted by Gasteiger charge is -2.04. The molecule has 0 heterocycles. The molecule has 3 nitrogen and oxygen atoms in total. The molecule has 0 aliphatic heterocycles. The minimum absolute atomic E-state index is 0.505. The summed E-state index contributed by atoms with van der Waals surface area (Å²) in [7, 11) is 1.58. The van der Waals surface area contributed by atoms with E-state index in [0.717, 1.165) is 11.3 Å². The van der Waals surface area contributed by atoms with Gasteiger partial charge in [0.1, 0.15) is 11.5 Å². The van der Waals surface area contributed by atoms with Crippen molar-refractivity contribution in [2.45, 2.75) is 6.92 Å². The maximum Gasteiger partial charge on any atom is 0.423 e. The van der Waals surface area contributed by atoms with Crippen LogP contribution in [0.25, 0.3) is 0 Å². The van der Waals surface area contributed by atoms with Crippen LogP contribution in [0.4, 0.5) is 0 Å². The number of rotatable bonds is 3. The summed E-state index contributed by atoms with van der Waals surface area (Å²) in [6.45, 7) is 3.20. The Morgan fingerprint density at radius 1 is 1.42 bits per heavy atom. The maximum atomic E-state index is 9.90. The molecular formula is C9H9O3. The van der Waals surface area contributed by atoms with Crippen LogP contribution in [0.1, 0.15) is 5.56 Å². The van der Waals surface area contributed by atoms with Gasteiger partial charge in [-0.15, -0.1) is 0 Å². The zero-order valence-electron chi connectivity index (χ0n) is 6.96. The number of hydrogen-bond donors (Lipinski definition) is 0. The number of hydrogen-bond acceptors (Lipinski definition) is 3. The molecule has 0 unspecified atom stereocenters. The molecule has 1 radical (unpaired) electrons. The molecule has 63 valence electrons. The summed E-state index contributed by atoms with van der Waals surface area (Å²) in [4.78, 5) is 9.90. The van der Waals surface area contributed by atoms with Crippen molar-refractivity contribution < 1.29 is 14.3 Å². The lowest BCUT2D eigenvalue weighted by Crippen LogP contribution is -1.92. The van der Waals surface area contributed by atoms with Crippen LogP contribution in [0.3, 0.4) is 0 Å². The number of carbonyl (C=O) groups excluding carboxylic acids is 1. The molecule has 0 saturated heterocycles. The average Bonchev–Trinajstić information content (AvgIpc) is 2.09. The zero-order chi connectivity index (χ0) is 8.97. The Labute approximate surface area is 70.9 Å². The van der Waals surface area contributed by atoms with Crippen molar-refractivity contribution in [1.82, 2.24) is 0 Å². The van der Waals surface area contributed by atoms with Gasteiger partial charge in [0.05, 0.1) is 7.11 Å². The Morgan fingerprint density at radius 3 is 2.67 bits per heavy atom. The maximum absolute atomic E-state index is 9.90. The van der Waals surface area contributed by atoms with E-state index in [1.165, 1.54) is 6.47 Å². The van der Waals surface area contributed by atoms with Crippen LogP contribution in [0, 0.1) is 6.92 Å². The molecule has 1 rings (SSSR count). The van der Waals surface area contributed by atoms with Gasteiger partial charge in [0.2, 0.25) is 0 Å². The summed E-state index contributed by atoms with van der Waals surface area (Å²) in [6.07, 6.45) is 0. The van der Waals surface area contributed by atoms with E-state index in [9.17, 15) is 4.79 Å². The third-order valence-electron chi connectivity index (χ3n) is 1.53. The average molecular weight is 165 g/mol. The first-order chi connectivity index (χ1) is 5.77. The summed E-state index contributed by atoms with van der Waals surface area (Å²) in [5, 5.41) is 0. The van der Waals surface area contributed by atoms with Gasteiger partial charge in [-0.3, -0.25) is 0 Å². The van der Waals surface area contributed by atoms with Gasteiger partial charge in [0.15, 0.2) is 0 Å². The molecule has 12 heavy (non-hydrogen) atoms. The first-order valence-corrected chi connectivity index (χ1v) is 3.46. The Kier molecular flexibility index (Phi) is 2.69. The van der Waals surface area contributed by atoms with Crippen LogP contribution in [0.5, 0.6) is 11.5 Å². The highest BCUT2D eigenvalue weighted by atomic mass is 16.5. The predicted octanol–water partition coefficient (Wildman–Crippen LogP) is 1.45. The van der Waals surface area contributed by atoms with Crippen LogP contribution >= 0.6 is 0 Å². The van der Waals surface area contributed by atoms with E-state index in [4.69, 9.17) is 4.74 Å². The van der Waals surface area contributed by atoms with Crippen molar-refractivity contribution in [1.29, 1.82) is 0 Å². The first kappa shape index (κ1) is 8.59. The fourth-order valence-electron chi connectivity index (χ4n) is 0.908. The summed E-state index contributed by atoms with van der Waals surface area (Å²) < 4.78 is 9.55. The highest BCUT2D eigenvalue weighted by Gasteiger charge is 2.00. The minimum Gasteiger partial charge on any atom is -0.497 e. The topological polar surface area (TPSA) is 35.5 Å². The van der Waals surface area contributed by atoms with Gasteiger partial charge in [-0.25, -0.2) is 4.79 Å². The van der Waals surface area contributed by atoms with Crippen molar-refractivity contribution in [3.05, 3.63) is 23.8 Å². The number of ether oxygens (including phenoxy) is 2. The minimum atomic E-state index is 0.505. The van der Waals surface area contributed by atoms with E-state index in [1.54, 1.807) is 25.3 Å². The van der Waals surface area contributed by atoms with E-state index < -0.39 is 0 Å². The fourth-order valence-corrected chi connectivity index (χ4v) is 0.908. The Morgan fingerprint density at radius 2 is 2.17 bits per heavy atom. The van der Waals surface area contributed by atoms with Crippen LogP contribution in [0.15, 0.2) is 18.2 Å². The third kappa shape index (κ3) is 1.75. The van der Waals surface area contributed by atoms with Crippen LogP contribution in [-0.4, -0.2) is 13.6 Å². The van der Waals surface area contributed by atoms with Gasteiger partial charge in [-0.1, -0.05) is 0 Å². The molecule has 3 heteroatoms. The Bertz CT molecular complexity index is 281. The van der Waals surface area contributed by atoms with Gasteiger partial charge in [-0.05, 0) is 30.7 Å². The second kappa shape index (κ2) is 3.76.